The molecule has 42 heavy (non-hydrogen) atoms. The van der Waals surface area contributed by atoms with E-state index in [1.165, 1.54) is 11.7 Å². The molecule has 0 unspecified atom stereocenters. The van der Waals surface area contributed by atoms with Crippen molar-refractivity contribution in [1.29, 1.82) is 0 Å². The lowest BCUT2D eigenvalue weighted by Gasteiger charge is -2.35. The van der Waals surface area contributed by atoms with E-state index < -0.39 is 18.6 Å². The maximum Gasteiger partial charge on any atom is 0.407 e. The molecule has 0 radical (unpaired) electrons. The van der Waals surface area contributed by atoms with Gasteiger partial charge in [-0.25, -0.2) is 18.6 Å². The quantitative estimate of drug-likeness (QED) is 0.430. The van der Waals surface area contributed by atoms with Crippen molar-refractivity contribution in [2.75, 3.05) is 50.2 Å². The normalized spacial score (nSPS) is 23.0. The highest BCUT2D eigenvalue weighted by molar-refractivity contribution is 5.87. The molecule has 12 nitrogen and oxygen atoms in total. The van der Waals surface area contributed by atoms with Gasteiger partial charge in [0.15, 0.2) is 5.82 Å². The molecule has 1 atom stereocenters. The van der Waals surface area contributed by atoms with Gasteiger partial charge in [-0.05, 0) is 44.2 Å². The van der Waals surface area contributed by atoms with Gasteiger partial charge in [-0.3, -0.25) is 9.36 Å². The molecule has 4 heterocycles. The highest BCUT2D eigenvalue weighted by atomic mass is 19.3. The number of carbonyl (C=O) groups excluding carboxylic acids is 2. The van der Waals surface area contributed by atoms with Gasteiger partial charge in [0.2, 0.25) is 11.9 Å². The number of hydrogen-bond donors (Lipinski definition) is 2. The maximum absolute atomic E-state index is 14.2. The molecule has 2 N–H and O–H groups in total. The summed E-state index contributed by atoms with van der Waals surface area (Å²) in [5, 5.41) is 6.13. The molecule has 1 aliphatic carbocycles. The molecule has 3 aromatic rings. The number of carbonyl (C=O) groups is 2. The molecule has 2 aliphatic heterocycles. The van der Waals surface area contributed by atoms with Gasteiger partial charge in [0.25, 0.3) is 6.43 Å². The van der Waals surface area contributed by atoms with Gasteiger partial charge in [-0.1, -0.05) is 12.1 Å². The lowest BCUT2D eigenvalue weighted by atomic mass is 9.90. The number of para-hydroxylation sites is 2. The van der Waals surface area contributed by atoms with E-state index in [1.807, 2.05) is 9.80 Å². The second kappa shape index (κ2) is 12.0. The number of ether oxygens (including phenoxy) is 2. The minimum absolute atomic E-state index is 0.0743. The average Bonchev–Trinajstić information content (AvgIpc) is 3.58. The zero-order chi connectivity index (χ0) is 29.2. The van der Waals surface area contributed by atoms with E-state index in [1.54, 1.807) is 30.3 Å². The van der Waals surface area contributed by atoms with Crippen LogP contribution in [0.25, 0.3) is 16.9 Å². The largest absolute Gasteiger partial charge is 0.453 e. The molecular formula is C28H34F2N8O4. The number of nitrogens with one attached hydrogen (secondary N) is 2. The Morgan fingerprint density at radius 1 is 1.05 bits per heavy atom. The number of alkyl halides is 2. The van der Waals surface area contributed by atoms with Gasteiger partial charge in [-0.2, -0.15) is 9.97 Å². The number of aromatic nitrogens is 4. The van der Waals surface area contributed by atoms with E-state index in [4.69, 9.17) is 14.7 Å². The van der Waals surface area contributed by atoms with Crippen LogP contribution in [0.4, 0.5) is 25.3 Å². The van der Waals surface area contributed by atoms with E-state index in [-0.39, 0.29) is 23.8 Å². The summed E-state index contributed by atoms with van der Waals surface area (Å²) in [5.41, 5.74) is 1.01. The summed E-state index contributed by atoms with van der Waals surface area (Å²) in [7, 11) is 1.28. The molecule has 0 bridgehead atoms. The predicted molar refractivity (Wildman–Crippen MR) is 150 cm³/mol. The molecule has 3 fully saturated rings. The third-order valence-electron chi connectivity index (χ3n) is 8.21. The third kappa shape index (κ3) is 5.67. The number of halogens is 2. The number of likely N-dealkylation sites (tertiary alicyclic amines) is 1. The molecule has 14 heteroatoms. The van der Waals surface area contributed by atoms with E-state index in [0.29, 0.717) is 67.9 Å². The summed E-state index contributed by atoms with van der Waals surface area (Å²) in [4.78, 5) is 42.0. The SMILES string of the molecule is COC(=O)N[C@H]1CCN(C2CCC(Nc3cc(-n4c(C(F)F)nc5ccccc54)nc(N4CCOCC4)n3)CC2)C1=O. The number of benzene rings is 1. The first kappa shape index (κ1) is 28.1. The van der Waals surface area contributed by atoms with Crippen molar-refractivity contribution < 1.29 is 27.8 Å². The molecule has 0 spiro atoms. The number of fused-ring (bicyclic) bond motifs is 1. The lowest BCUT2D eigenvalue weighted by molar-refractivity contribution is -0.131. The zero-order valence-corrected chi connectivity index (χ0v) is 23.3. The first-order valence-electron chi connectivity index (χ1n) is 14.3. The van der Waals surface area contributed by atoms with E-state index in [2.05, 4.69) is 20.4 Å². The molecule has 2 amide bonds. The Labute approximate surface area is 241 Å². The standard InChI is InChI=1S/C28H34F2N8O4/c1-41-28(40)33-20-10-11-37(26(20)39)18-8-6-17(7-9-18)31-22-16-23(35-27(34-22)36-12-14-42-15-13-36)38-21-5-3-2-4-19(21)32-25(38)24(29)30/h2-5,16-18,20,24H,6-15H2,1H3,(H,33,40)(H,31,34,35)/t17?,18?,20-/m0/s1. The number of hydrogen-bond acceptors (Lipinski definition) is 9. The summed E-state index contributed by atoms with van der Waals surface area (Å²) in [6.45, 7) is 2.84. The third-order valence-corrected chi connectivity index (χ3v) is 8.21. The Kier molecular flexibility index (Phi) is 8.05. The molecular weight excluding hydrogens is 550 g/mol. The smallest absolute Gasteiger partial charge is 0.407 e. The molecule has 2 aromatic heterocycles. The zero-order valence-electron chi connectivity index (χ0n) is 23.3. The number of imidazole rings is 1. The summed E-state index contributed by atoms with van der Waals surface area (Å²) in [5.74, 6) is 0.858. The topological polar surface area (TPSA) is 127 Å². The van der Waals surface area contributed by atoms with Crippen LogP contribution in [0, 0.1) is 0 Å². The van der Waals surface area contributed by atoms with E-state index in [9.17, 15) is 18.4 Å². The fraction of sp³-hybridized carbons (Fsp3) is 0.536. The van der Waals surface area contributed by atoms with Crippen LogP contribution in [-0.2, 0) is 14.3 Å². The first-order chi connectivity index (χ1) is 20.4. The number of methoxy groups -OCH3 is 1. The van der Waals surface area contributed by atoms with E-state index in [0.717, 1.165) is 25.7 Å². The van der Waals surface area contributed by atoms with Crippen LogP contribution in [0.5, 0.6) is 0 Å². The van der Waals surface area contributed by atoms with Crippen LogP contribution in [0.3, 0.4) is 0 Å². The Morgan fingerprint density at radius 2 is 1.81 bits per heavy atom. The molecule has 6 rings (SSSR count). The van der Waals surface area contributed by atoms with Gasteiger partial charge in [-0.15, -0.1) is 0 Å². The van der Waals surface area contributed by atoms with Crippen LogP contribution >= 0.6 is 0 Å². The Balaban J connectivity index is 1.22. The van der Waals surface area contributed by atoms with Crippen molar-refractivity contribution in [3.05, 3.63) is 36.2 Å². The number of morpholine rings is 1. The first-order valence-corrected chi connectivity index (χ1v) is 14.3. The van der Waals surface area contributed by atoms with Gasteiger partial charge in [0, 0.05) is 37.8 Å². The molecule has 1 aromatic carbocycles. The summed E-state index contributed by atoms with van der Waals surface area (Å²) in [6.07, 6.45) is 0.353. The minimum atomic E-state index is -2.79. The van der Waals surface area contributed by atoms with Crippen LogP contribution in [0.15, 0.2) is 30.3 Å². The highest BCUT2D eigenvalue weighted by Gasteiger charge is 2.38. The van der Waals surface area contributed by atoms with Gasteiger partial charge in [0.1, 0.15) is 17.7 Å². The molecule has 2 saturated heterocycles. The Morgan fingerprint density at radius 3 is 2.55 bits per heavy atom. The van der Waals surface area contributed by atoms with Crippen molar-refractivity contribution in [1.82, 2.24) is 29.7 Å². The molecule has 3 aliphatic rings. The van der Waals surface area contributed by atoms with Crippen molar-refractivity contribution in [3.63, 3.8) is 0 Å². The maximum atomic E-state index is 14.2. The predicted octanol–water partition coefficient (Wildman–Crippen LogP) is 3.27. The fourth-order valence-corrected chi connectivity index (χ4v) is 6.09. The fourth-order valence-electron chi connectivity index (χ4n) is 6.09. The van der Waals surface area contributed by atoms with Crippen molar-refractivity contribution in [2.24, 2.45) is 0 Å². The highest BCUT2D eigenvalue weighted by Crippen LogP contribution is 2.31. The number of amides is 2. The molecule has 224 valence electrons. The Hall–Kier alpha value is -4.07. The van der Waals surface area contributed by atoms with E-state index >= 15 is 0 Å². The summed E-state index contributed by atoms with van der Waals surface area (Å²) < 4.78 is 39.8. The number of alkyl carbamates (subject to hydrolysis) is 1. The Bertz CT molecular complexity index is 1440. The monoisotopic (exact) mass is 584 g/mol. The van der Waals surface area contributed by atoms with Crippen molar-refractivity contribution in [2.45, 2.75) is 56.7 Å². The molecule has 1 saturated carbocycles. The van der Waals surface area contributed by atoms with Crippen LogP contribution in [-0.4, -0.2) is 94.5 Å². The van der Waals surface area contributed by atoms with Crippen LogP contribution in [0.2, 0.25) is 0 Å². The van der Waals surface area contributed by atoms with Gasteiger partial charge < -0.3 is 29.9 Å². The summed E-state index contributed by atoms with van der Waals surface area (Å²) in [6, 6.07) is 8.33. The second-order valence-electron chi connectivity index (χ2n) is 10.8. The van der Waals surface area contributed by atoms with Gasteiger partial charge in [0.05, 0.1) is 31.4 Å². The van der Waals surface area contributed by atoms with Crippen molar-refractivity contribution in [3.8, 4) is 5.82 Å². The summed E-state index contributed by atoms with van der Waals surface area (Å²) >= 11 is 0. The number of nitrogens with zero attached hydrogens (tertiary/aromatic N) is 6. The van der Waals surface area contributed by atoms with Crippen LogP contribution < -0.4 is 15.5 Å². The minimum Gasteiger partial charge on any atom is -0.453 e. The average molecular weight is 585 g/mol. The van der Waals surface area contributed by atoms with Gasteiger partial charge >= 0.3 is 6.09 Å². The van der Waals surface area contributed by atoms with Crippen molar-refractivity contribution >= 4 is 34.8 Å². The number of rotatable bonds is 7. The lowest BCUT2D eigenvalue weighted by Crippen LogP contribution is -2.46. The number of anilines is 2. The van der Waals surface area contributed by atoms with Crippen LogP contribution in [0.1, 0.15) is 44.4 Å². The second-order valence-corrected chi connectivity index (χ2v) is 10.8.